The molecule has 1 atom stereocenters. The normalized spacial score (nSPS) is 12.7. The van der Waals surface area contributed by atoms with Gasteiger partial charge in [0.05, 0.1) is 6.04 Å². The lowest BCUT2D eigenvalue weighted by Crippen LogP contribution is -2.24. The second-order valence-corrected chi connectivity index (χ2v) is 5.98. The van der Waals surface area contributed by atoms with Crippen molar-refractivity contribution in [3.63, 3.8) is 0 Å². The maximum atomic E-state index is 5.91. The molecule has 0 fully saturated rings. The van der Waals surface area contributed by atoms with Crippen LogP contribution in [0.15, 0.2) is 16.5 Å². The van der Waals surface area contributed by atoms with E-state index in [1.165, 1.54) is 33.4 Å². The van der Waals surface area contributed by atoms with Gasteiger partial charge in [0.1, 0.15) is 11.5 Å². The van der Waals surface area contributed by atoms with E-state index in [-0.39, 0.29) is 6.04 Å². The average molecular weight is 285 g/mol. The fraction of sp³-hybridized carbons (Fsp3) is 0.474. The Kier molecular flexibility index (Phi) is 4.58. The summed E-state index contributed by atoms with van der Waals surface area (Å²) in [6.45, 7) is 16.2. The molecule has 1 aromatic heterocycles. The number of furan rings is 1. The van der Waals surface area contributed by atoms with E-state index in [2.05, 4.69) is 52.9 Å². The fourth-order valence-electron chi connectivity index (χ4n) is 3.12. The van der Waals surface area contributed by atoms with Crippen LogP contribution in [0.25, 0.3) is 0 Å². The maximum absolute atomic E-state index is 5.91. The summed E-state index contributed by atoms with van der Waals surface area (Å²) in [5, 5.41) is 3.59. The largest absolute Gasteiger partial charge is 0.464 e. The first-order valence-electron chi connectivity index (χ1n) is 7.75. The first-order valence-corrected chi connectivity index (χ1v) is 7.75. The standard InChI is InChI=1S/C19H27NO/c1-8-20-19(17-10-9-11(2)21-17)18-15(6)13(4)12(3)14(5)16(18)7/h9-10,19-20H,8H2,1-7H3. The summed E-state index contributed by atoms with van der Waals surface area (Å²) in [6.07, 6.45) is 0. The van der Waals surface area contributed by atoms with Crippen molar-refractivity contribution in [2.45, 2.75) is 54.5 Å². The van der Waals surface area contributed by atoms with Crippen molar-refractivity contribution in [1.82, 2.24) is 5.32 Å². The third-order valence-electron chi connectivity index (χ3n) is 4.80. The van der Waals surface area contributed by atoms with Crippen molar-refractivity contribution in [3.8, 4) is 0 Å². The maximum Gasteiger partial charge on any atom is 0.125 e. The van der Waals surface area contributed by atoms with E-state index in [0.717, 1.165) is 18.1 Å². The Morgan fingerprint density at radius 2 is 1.38 bits per heavy atom. The van der Waals surface area contributed by atoms with Gasteiger partial charge in [-0.05, 0) is 93.6 Å². The van der Waals surface area contributed by atoms with Crippen molar-refractivity contribution in [2.75, 3.05) is 6.54 Å². The summed E-state index contributed by atoms with van der Waals surface area (Å²) in [5.41, 5.74) is 8.29. The highest BCUT2D eigenvalue weighted by atomic mass is 16.3. The second kappa shape index (κ2) is 6.07. The van der Waals surface area contributed by atoms with Crippen LogP contribution in [0.1, 0.15) is 57.9 Å². The Morgan fingerprint density at radius 3 is 1.81 bits per heavy atom. The van der Waals surface area contributed by atoms with Crippen LogP contribution in [-0.4, -0.2) is 6.54 Å². The van der Waals surface area contributed by atoms with Gasteiger partial charge in [0.25, 0.3) is 0 Å². The quantitative estimate of drug-likeness (QED) is 0.870. The monoisotopic (exact) mass is 285 g/mol. The van der Waals surface area contributed by atoms with Crippen molar-refractivity contribution in [1.29, 1.82) is 0 Å². The predicted molar refractivity (Wildman–Crippen MR) is 89.1 cm³/mol. The molecule has 21 heavy (non-hydrogen) atoms. The first-order chi connectivity index (χ1) is 9.88. The van der Waals surface area contributed by atoms with Crippen LogP contribution < -0.4 is 5.32 Å². The van der Waals surface area contributed by atoms with E-state index in [4.69, 9.17) is 4.42 Å². The average Bonchev–Trinajstić information content (AvgIpc) is 2.88. The lowest BCUT2D eigenvalue weighted by Gasteiger charge is -2.25. The van der Waals surface area contributed by atoms with Crippen molar-refractivity contribution < 1.29 is 4.42 Å². The molecule has 1 heterocycles. The Morgan fingerprint density at radius 1 is 0.857 bits per heavy atom. The molecule has 1 N–H and O–H groups in total. The van der Waals surface area contributed by atoms with Crippen molar-refractivity contribution in [3.05, 3.63) is 57.0 Å². The topological polar surface area (TPSA) is 25.2 Å². The first kappa shape index (κ1) is 15.8. The third-order valence-corrected chi connectivity index (χ3v) is 4.80. The van der Waals surface area contributed by atoms with E-state index in [1.54, 1.807) is 0 Å². The van der Waals surface area contributed by atoms with Gasteiger partial charge >= 0.3 is 0 Å². The van der Waals surface area contributed by atoms with Gasteiger partial charge in [-0.2, -0.15) is 0 Å². The molecule has 0 radical (unpaired) electrons. The van der Waals surface area contributed by atoms with Gasteiger partial charge in [0.15, 0.2) is 0 Å². The SMILES string of the molecule is CCNC(c1ccc(C)o1)c1c(C)c(C)c(C)c(C)c1C. The molecule has 2 aromatic rings. The van der Waals surface area contributed by atoms with E-state index >= 15 is 0 Å². The zero-order chi connectivity index (χ0) is 15.7. The number of hydrogen-bond donors (Lipinski definition) is 1. The summed E-state index contributed by atoms with van der Waals surface area (Å²) in [5.74, 6) is 1.96. The molecule has 1 unspecified atom stereocenters. The van der Waals surface area contributed by atoms with Crippen LogP contribution in [0.3, 0.4) is 0 Å². The van der Waals surface area contributed by atoms with Gasteiger partial charge in [-0.15, -0.1) is 0 Å². The number of aryl methyl sites for hydroxylation is 1. The number of benzene rings is 1. The van der Waals surface area contributed by atoms with E-state index in [0.29, 0.717) is 0 Å². The molecule has 0 saturated carbocycles. The van der Waals surface area contributed by atoms with E-state index in [9.17, 15) is 0 Å². The Bertz CT molecular complexity index is 623. The summed E-state index contributed by atoms with van der Waals surface area (Å²) in [4.78, 5) is 0. The van der Waals surface area contributed by atoms with Gasteiger partial charge in [-0.3, -0.25) is 0 Å². The highest BCUT2D eigenvalue weighted by molar-refractivity contribution is 5.52. The van der Waals surface area contributed by atoms with Crippen molar-refractivity contribution >= 4 is 0 Å². The lowest BCUT2D eigenvalue weighted by molar-refractivity contribution is 0.433. The van der Waals surface area contributed by atoms with Crippen LogP contribution in [0.2, 0.25) is 0 Å². The molecule has 1 aromatic carbocycles. The van der Waals surface area contributed by atoms with E-state index in [1.807, 2.05) is 13.0 Å². The smallest absolute Gasteiger partial charge is 0.125 e. The summed E-state index contributed by atoms with van der Waals surface area (Å²) >= 11 is 0. The Hall–Kier alpha value is -1.54. The molecule has 0 aliphatic carbocycles. The molecular formula is C19H27NO. The highest BCUT2D eigenvalue weighted by Gasteiger charge is 2.23. The van der Waals surface area contributed by atoms with Gasteiger partial charge in [-0.25, -0.2) is 0 Å². The minimum absolute atomic E-state index is 0.127. The highest BCUT2D eigenvalue weighted by Crippen LogP contribution is 2.34. The number of nitrogens with one attached hydrogen (secondary N) is 1. The molecule has 0 spiro atoms. The molecule has 0 aliphatic rings. The van der Waals surface area contributed by atoms with Gasteiger partial charge in [0, 0.05) is 0 Å². The molecule has 0 amide bonds. The minimum atomic E-state index is 0.127. The van der Waals surface area contributed by atoms with Crippen LogP contribution in [0.4, 0.5) is 0 Å². The third kappa shape index (κ3) is 2.77. The second-order valence-electron chi connectivity index (χ2n) is 5.98. The summed E-state index contributed by atoms with van der Waals surface area (Å²) in [6, 6.07) is 4.26. The van der Waals surface area contributed by atoms with Crippen LogP contribution in [-0.2, 0) is 0 Å². The number of hydrogen-bond acceptors (Lipinski definition) is 2. The van der Waals surface area contributed by atoms with Gasteiger partial charge < -0.3 is 9.73 Å². The molecule has 0 aliphatic heterocycles. The summed E-state index contributed by atoms with van der Waals surface area (Å²) < 4.78 is 5.91. The zero-order valence-corrected chi connectivity index (χ0v) is 14.3. The van der Waals surface area contributed by atoms with Crippen molar-refractivity contribution in [2.24, 2.45) is 0 Å². The predicted octanol–water partition coefficient (Wildman–Crippen LogP) is 4.83. The molecule has 2 heteroatoms. The number of rotatable bonds is 4. The minimum Gasteiger partial charge on any atom is -0.464 e. The zero-order valence-electron chi connectivity index (χ0n) is 14.3. The Balaban J connectivity index is 2.66. The van der Waals surface area contributed by atoms with E-state index < -0.39 is 0 Å². The molecule has 0 saturated heterocycles. The fourth-order valence-corrected chi connectivity index (χ4v) is 3.12. The Labute approximate surface area is 128 Å². The molecule has 2 rings (SSSR count). The van der Waals surface area contributed by atoms with Gasteiger partial charge in [0.2, 0.25) is 0 Å². The molecule has 0 bridgehead atoms. The molecule has 2 nitrogen and oxygen atoms in total. The lowest BCUT2D eigenvalue weighted by atomic mass is 9.85. The van der Waals surface area contributed by atoms with Gasteiger partial charge in [-0.1, -0.05) is 6.92 Å². The molecular weight excluding hydrogens is 258 g/mol. The molecule has 114 valence electrons. The van der Waals surface area contributed by atoms with Crippen LogP contribution in [0.5, 0.6) is 0 Å². The summed E-state index contributed by atoms with van der Waals surface area (Å²) in [7, 11) is 0. The van der Waals surface area contributed by atoms with Crippen LogP contribution >= 0.6 is 0 Å². The van der Waals surface area contributed by atoms with Crippen LogP contribution in [0, 0.1) is 41.5 Å².